The van der Waals surface area contributed by atoms with Gasteiger partial charge in [0, 0.05) is 12.0 Å². The van der Waals surface area contributed by atoms with Crippen molar-refractivity contribution in [2.24, 2.45) is 0 Å². The summed E-state index contributed by atoms with van der Waals surface area (Å²) >= 11 is 0. The second-order valence-electron chi connectivity index (χ2n) is 7.81. The molecule has 1 heteroatoms. The molecule has 1 nitrogen and oxygen atoms in total. The van der Waals surface area contributed by atoms with Gasteiger partial charge in [-0.3, -0.25) is 0 Å². The van der Waals surface area contributed by atoms with Gasteiger partial charge in [0.1, 0.15) is 0 Å². The largest absolute Gasteiger partial charge is 0.313 e. The van der Waals surface area contributed by atoms with Crippen LogP contribution in [0.1, 0.15) is 63.3 Å². The van der Waals surface area contributed by atoms with Crippen molar-refractivity contribution >= 4 is 0 Å². The molecule has 1 fully saturated rings. The number of benzene rings is 2. The molecule has 1 heterocycles. The highest BCUT2D eigenvalue weighted by atomic mass is 14.9. The Morgan fingerprint density at radius 2 is 1.17 bits per heavy atom. The molecule has 0 saturated carbocycles. The molecule has 2 aromatic rings. The maximum atomic E-state index is 3.79. The molecule has 2 aromatic carbocycles. The molecule has 1 saturated heterocycles. The first-order valence-electron chi connectivity index (χ1n) is 9.27. The molecule has 1 N–H and O–H groups in total. The smallest absolute Gasteiger partial charge is 0.0253 e. The van der Waals surface area contributed by atoms with E-state index in [-0.39, 0.29) is 0 Å². The predicted octanol–water partition coefficient (Wildman–Crippen LogP) is 5.42. The van der Waals surface area contributed by atoms with E-state index in [0.717, 1.165) is 6.54 Å². The van der Waals surface area contributed by atoms with E-state index in [1.165, 1.54) is 57.3 Å². The minimum Gasteiger partial charge on any atom is -0.313 e. The fourth-order valence-electron chi connectivity index (χ4n) is 4.91. The van der Waals surface area contributed by atoms with Crippen molar-refractivity contribution in [3.05, 3.63) is 68.8 Å². The predicted molar refractivity (Wildman–Crippen MR) is 104 cm³/mol. The Kier molecular flexibility index (Phi) is 4.83. The van der Waals surface area contributed by atoms with E-state index in [2.05, 4.69) is 71.1 Å². The minimum atomic E-state index is 0.452. The van der Waals surface area contributed by atoms with E-state index in [9.17, 15) is 0 Å². The first-order chi connectivity index (χ1) is 11.4. The second-order valence-corrected chi connectivity index (χ2v) is 7.81. The number of aryl methyl sites for hydroxylation is 6. The summed E-state index contributed by atoms with van der Waals surface area (Å²) in [5, 5.41) is 3.79. The van der Waals surface area contributed by atoms with Crippen LogP contribution in [0.2, 0.25) is 0 Å². The summed E-state index contributed by atoms with van der Waals surface area (Å²) in [6.45, 7) is 14.7. The second kappa shape index (κ2) is 6.72. The molecular weight excluding hydrogens is 290 g/mol. The van der Waals surface area contributed by atoms with Crippen molar-refractivity contribution in [3.8, 4) is 0 Å². The van der Waals surface area contributed by atoms with E-state index in [1.807, 2.05) is 0 Å². The summed E-state index contributed by atoms with van der Waals surface area (Å²) in [6.07, 6.45) is 2.55. The lowest BCUT2D eigenvalue weighted by molar-refractivity contribution is 0.533. The van der Waals surface area contributed by atoms with Gasteiger partial charge in [-0.25, -0.2) is 0 Å². The summed E-state index contributed by atoms with van der Waals surface area (Å²) in [5.41, 5.74) is 11.5. The Hall–Kier alpha value is -1.60. The Bertz CT molecular complexity index is 647. The number of nitrogens with one attached hydrogen (secondary N) is 1. The lowest BCUT2D eigenvalue weighted by atomic mass is 9.76. The van der Waals surface area contributed by atoms with Gasteiger partial charge in [-0.15, -0.1) is 0 Å². The van der Waals surface area contributed by atoms with Gasteiger partial charge in [0.15, 0.2) is 0 Å². The van der Waals surface area contributed by atoms with Crippen molar-refractivity contribution in [1.29, 1.82) is 0 Å². The highest BCUT2D eigenvalue weighted by molar-refractivity contribution is 5.51. The van der Waals surface area contributed by atoms with Crippen LogP contribution in [0.5, 0.6) is 0 Å². The third-order valence-electron chi connectivity index (χ3n) is 5.60. The average Bonchev–Trinajstić information content (AvgIpc) is 2.97. The molecule has 0 aliphatic carbocycles. The molecule has 1 aliphatic heterocycles. The van der Waals surface area contributed by atoms with Crippen LogP contribution < -0.4 is 5.32 Å². The van der Waals surface area contributed by atoms with E-state index in [4.69, 9.17) is 0 Å². The van der Waals surface area contributed by atoms with Crippen molar-refractivity contribution in [2.45, 2.75) is 66.3 Å². The van der Waals surface area contributed by atoms with Gasteiger partial charge in [0.2, 0.25) is 0 Å². The fourth-order valence-corrected chi connectivity index (χ4v) is 4.91. The highest BCUT2D eigenvalue weighted by Crippen LogP contribution is 2.39. The lowest BCUT2D eigenvalue weighted by Gasteiger charge is -2.31. The Morgan fingerprint density at radius 1 is 0.750 bits per heavy atom. The number of hydrogen-bond donors (Lipinski definition) is 1. The van der Waals surface area contributed by atoms with Gasteiger partial charge in [-0.2, -0.15) is 0 Å². The summed E-state index contributed by atoms with van der Waals surface area (Å²) in [4.78, 5) is 0. The van der Waals surface area contributed by atoms with Gasteiger partial charge in [0.05, 0.1) is 0 Å². The zero-order chi connectivity index (χ0) is 17.4. The molecule has 0 unspecified atom stereocenters. The summed E-state index contributed by atoms with van der Waals surface area (Å²) in [5.74, 6) is 0.452. The SMILES string of the molecule is Cc1cc(C)c(C(c2c(C)cc(C)cc2C)[C@H]2CCCN2)c(C)c1. The van der Waals surface area contributed by atoms with Crippen molar-refractivity contribution in [1.82, 2.24) is 5.32 Å². The molecule has 24 heavy (non-hydrogen) atoms. The maximum Gasteiger partial charge on any atom is 0.0253 e. The summed E-state index contributed by atoms with van der Waals surface area (Å²) in [6, 6.07) is 9.95. The Labute approximate surface area is 147 Å². The molecule has 0 spiro atoms. The monoisotopic (exact) mass is 321 g/mol. The zero-order valence-corrected chi connectivity index (χ0v) is 16.1. The topological polar surface area (TPSA) is 12.0 Å². The zero-order valence-electron chi connectivity index (χ0n) is 16.1. The van der Waals surface area contributed by atoms with Crippen LogP contribution in [-0.4, -0.2) is 12.6 Å². The molecule has 3 rings (SSSR count). The highest BCUT2D eigenvalue weighted by Gasteiger charge is 2.31. The van der Waals surface area contributed by atoms with Crippen molar-refractivity contribution in [3.63, 3.8) is 0 Å². The third-order valence-corrected chi connectivity index (χ3v) is 5.60. The maximum absolute atomic E-state index is 3.79. The number of hydrogen-bond acceptors (Lipinski definition) is 1. The molecule has 1 atom stereocenters. The van der Waals surface area contributed by atoms with Crippen LogP contribution in [0.25, 0.3) is 0 Å². The quantitative estimate of drug-likeness (QED) is 0.796. The van der Waals surface area contributed by atoms with E-state index in [0.29, 0.717) is 12.0 Å². The van der Waals surface area contributed by atoms with Crippen molar-refractivity contribution < 1.29 is 0 Å². The number of rotatable bonds is 3. The van der Waals surface area contributed by atoms with Crippen LogP contribution in [0.15, 0.2) is 24.3 Å². The molecule has 1 aliphatic rings. The van der Waals surface area contributed by atoms with Crippen LogP contribution in [-0.2, 0) is 0 Å². The normalized spacial score (nSPS) is 17.7. The molecule has 0 bridgehead atoms. The third kappa shape index (κ3) is 3.15. The van der Waals surface area contributed by atoms with Crippen LogP contribution in [0.3, 0.4) is 0 Å². The summed E-state index contributed by atoms with van der Waals surface area (Å²) < 4.78 is 0. The Balaban J connectivity index is 2.23. The molecule has 0 radical (unpaired) electrons. The Morgan fingerprint density at radius 3 is 1.50 bits per heavy atom. The standard InChI is InChI=1S/C23H31N/c1-14-10-16(3)21(17(4)11-14)23(20-8-7-9-24-20)22-18(5)12-15(2)13-19(22)6/h10-13,20,23-24H,7-9H2,1-6H3/t20-/m1/s1. The van der Waals surface area contributed by atoms with Crippen LogP contribution in [0.4, 0.5) is 0 Å². The van der Waals surface area contributed by atoms with Crippen LogP contribution >= 0.6 is 0 Å². The minimum absolute atomic E-state index is 0.452. The first kappa shape index (κ1) is 17.2. The summed E-state index contributed by atoms with van der Waals surface area (Å²) in [7, 11) is 0. The van der Waals surface area contributed by atoms with Crippen molar-refractivity contribution in [2.75, 3.05) is 6.54 Å². The van der Waals surface area contributed by atoms with E-state index >= 15 is 0 Å². The van der Waals surface area contributed by atoms with Gasteiger partial charge in [0.25, 0.3) is 0 Å². The molecule has 0 aromatic heterocycles. The molecular formula is C23H31N. The van der Waals surface area contributed by atoms with Gasteiger partial charge in [-0.1, -0.05) is 35.4 Å². The molecule has 128 valence electrons. The van der Waals surface area contributed by atoms with Gasteiger partial charge >= 0.3 is 0 Å². The van der Waals surface area contributed by atoms with E-state index in [1.54, 1.807) is 0 Å². The first-order valence-corrected chi connectivity index (χ1v) is 9.27. The fraction of sp³-hybridized carbons (Fsp3) is 0.478. The van der Waals surface area contributed by atoms with Gasteiger partial charge in [-0.05, 0) is 94.3 Å². The molecule has 0 amide bonds. The average molecular weight is 322 g/mol. The lowest BCUT2D eigenvalue weighted by Crippen LogP contribution is -2.31. The van der Waals surface area contributed by atoms with E-state index < -0.39 is 0 Å². The van der Waals surface area contributed by atoms with Gasteiger partial charge < -0.3 is 5.32 Å². The van der Waals surface area contributed by atoms with Crippen LogP contribution in [0, 0.1) is 41.5 Å².